The molecule has 1 aromatic carbocycles. The minimum Gasteiger partial charge on any atom is -0.493 e. The maximum absolute atomic E-state index is 11.1. The number of hydrogen-bond acceptors (Lipinski definition) is 4. The van der Waals surface area contributed by atoms with Crippen molar-refractivity contribution in [2.45, 2.75) is 32.7 Å². The zero-order valence-corrected chi connectivity index (χ0v) is 12.2. The number of benzene rings is 1. The predicted octanol–water partition coefficient (Wildman–Crippen LogP) is 4.39. The van der Waals surface area contributed by atoms with Gasteiger partial charge in [0.1, 0.15) is 0 Å². The molecule has 6 nitrogen and oxygen atoms in total. The monoisotopic (exact) mass is 289 g/mol. The molecule has 0 saturated heterocycles. The number of hydrogen-bond donors (Lipinski definition) is 1. The van der Waals surface area contributed by atoms with Gasteiger partial charge in [0, 0.05) is 11.9 Å². The van der Waals surface area contributed by atoms with Crippen LogP contribution in [-0.4, -0.2) is 22.9 Å². The molecule has 0 saturated carbocycles. The zero-order valence-electron chi connectivity index (χ0n) is 12.2. The minimum absolute atomic E-state index is 0.0277. The van der Waals surface area contributed by atoms with Crippen LogP contribution in [0.1, 0.15) is 26.2 Å². The number of carbonyl (C=O) groups excluding carboxylic acids is 1. The highest BCUT2D eigenvalue weighted by Gasteiger charge is 2.16. The number of amides is 1. The summed E-state index contributed by atoms with van der Waals surface area (Å²) in [6, 6.07) is 7.52. The average molecular weight is 289 g/mol. The van der Waals surface area contributed by atoms with E-state index in [9.17, 15) is 9.90 Å². The number of methoxy groups -OCH3 is 1. The second kappa shape index (κ2) is 6.88. The summed E-state index contributed by atoms with van der Waals surface area (Å²) >= 11 is 0. The lowest BCUT2D eigenvalue weighted by atomic mass is 10.2. The fraction of sp³-hybridized carbons (Fsp3) is 0.400. The molecule has 0 radical (unpaired) electrons. The van der Waals surface area contributed by atoms with E-state index in [-0.39, 0.29) is 5.88 Å². The molecule has 2 rings (SSSR count). The lowest BCUT2D eigenvalue weighted by Crippen LogP contribution is -1.96. The lowest BCUT2D eigenvalue weighted by Gasteiger charge is -2.05. The van der Waals surface area contributed by atoms with Crippen molar-refractivity contribution in [3.05, 3.63) is 24.3 Å². The normalized spacial score (nSPS) is 11.3. The molecule has 0 bridgehead atoms. The Bertz CT molecular complexity index is 661. The number of azo groups is 1. The van der Waals surface area contributed by atoms with Gasteiger partial charge in [-0.15, -0.1) is 5.11 Å². The van der Waals surface area contributed by atoms with Crippen molar-refractivity contribution < 1.29 is 14.6 Å². The third kappa shape index (κ3) is 3.21. The maximum atomic E-state index is 11.1. The summed E-state index contributed by atoms with van der Waals surface area (Å²) in [4.78, 5) is 11.1. The van der Waals surface area contributed by atoms with Gasteiger partial charge in [-0.05, 0) is 12.5 Å². The van der Waals surface area contributed by atoms with Gasteiger partial charge in [0.05, 0.1) is 12.6 Å². The highest BCUT2D eigenvalue weighted by molar-refractivity contribution is 5.95. The molecule has 0 unspecified atom stereocenters. The Hall–Kier alpha value is -2.37. The van der Waals surface area contributed by atoms with Crippen molar-refractivity contribution in [1.29, 1.82) is 0 Å². The second-order valence-electron chi connectivity index (χ2n) is 4.72. The molecular formula is C15H19N3O3. The van der Waals surface area contributed by atoms with Crippen molar-refractivity contribution in [1.82, 2.24) is 4.57 Å². The first kappa shape index (κ1) is 15.0. The van der Waals surface area contributed by atoms with Gasteiger partial charge in [-0.1, -0.05) is 43.1 Å². The van der Waals surface area contributed by atoms with Crippen LogP contribution >= 0.6 is 0 Å². The molecule has 0 aliphatic carbocycles. The Morgan fingerprint density at radius 3 is 2.81 bits per heavy atom. The van der Waals surface area contributed by atoms with E-state index in [2.05, 4.69) is 21.9 Å². The predicted molar refractivity (Wildman–Crippen MR) is 80.0 cm³/mol. The van der Waals surface area contributed by atoms with Crippen LogP contribution in [0.5, 0.6) is 5.88 Å². The van der Waals surface area contributed by atoms with E-state index in [4.69, 9.17) is 0 Å². The van der Waals surface area contributed by atoms with Crippen LogP contribution in [0.15, 0.2) is 34.5 Å². The largest absolute Gasteiger partial charge is 0.493 e. The summed E-state index contributed by atoms with van der Waals surface area (Å²) in [6.07, 6.45) is 2.37. The number of ether oxygens (including phenoxy) is 1. The van der Waals surface area contributed by atoms with E-state index in [1.165, 1.54) is 7.11 Å². The number of rotatable bonds is 5. The van der Waals surface area contributed by atoms with E-state index in [0.717, 1.165) is 30.2 Å². The summed E-state index contributed by atoms with van der Waals surface area (Å²) in [5.41, 5.74) is 1.18. The molecule has 0 fully saturated rings. The zero-order chi connectivity index (χ0) is 15.2. The number of aryl methyl sites for hydroxylation is 1. The molecule has 0 spiro atoms. The van der Waals surface area contributed by atoms with Gasteiger partial charge in [-0.3, -0.25) is 0 Å². The smallest absolute Gasteiger partial charge is 0.452 e. The summed E-state index contributed by atoms with van der Waals surface area (Å²) in [5, 5.41) is 18.4. The number of aromatic hydroxyl groups is 1. The Balaban J connectivity index is 2.43. The molecule has 0 aliphatic heterocycles. The quantitative estimate of drug-likeness (QED) is 0.655. The molecule has 21 heavy (non-hydrogen) atoms. The van der Waals surface area contributed by atoms with Crippen molar-refractivity contribution >= 4 is 22.7 Å². The number of nitrogens with zero attached hydrogens (tertiary/aromatic N) is 3. The van der Waals surface area contributed by atoms with Gasteiger partial charge in [0.2, 0.25) is 5.88 Å². The van der Waals surface area contributed by atoms with E-state index in [1.54, 1.807) is 4.57 Å². The van der Waals surface area contributed by atoms with Crippen molar-refractivity contribution in [3.63, 3.8) is 0 Å². The molecule has 2 aromatic rings. The van der Waals surface area contributed by atoms with Gasteiger partial charge in [0.15, 0.2) is 5.69 Å². The summed E-state index contributed by atoms with van der Waals surface area (Å²) < 4.78 is 6.22. The molecule has 0 atom stereocenters. The van der Waals surface area contributed by atoms with Crippen LogP contribution < -0.4 is 0 Å². The Kier molecular flexibility index (Phi) is 4.92. The van der Waals surface area contributed by atoms with Gasteiger partial charge in [0.25, 0.3) is 0 Å². The second-order valence-corrected chi connectivity index (χ2v) is 4.72. The van der Waals surface area contributed by atoms with E-state index in [0.29, 0.717) is 12.2 Å². The summed E-state index contributed by atoms with van der Waals surface area (Å²) in [6.45, 7) is 2.83. The molecule has 1 amide bonds. The first-order valence-electron chi connectivity index (χ1n) is 6.99. The van der Waals surface area contributed by atoms with Gasteiger partial charge in [-0.25, -0.2) is 4.79 Å². The molecule has 112 valence electrons. The van der Waals surface area contributed by atoms with Crippen LogP contribution in [0, 0.1) is 0 Å². The van der Waals surface area contributed by atoms with Crippen molar-refractivity contribution in [2.75, 3.05) is 7.11 Å². The van der Waals surface area contributed by atoms with Gasteiger partial charge >= 0.3 is 6.09 Å². The fourth-order valence-electron chi connectivity index (χ4n) is 2.25. The van der Waals surface area contributed by atoms with Crippen LogP contribution in [0.25, 0.3) is 10.9 Å². The van der Waals surface area contributed by atoms with Crippen LogP contribution in [0.4, 0.5) is 10.5 Å². The minimum atomic E-state index is -0.794. The molecule has 1 heterocycles. The van der Waals surface area contributed by atoms with E-state index >= 15 is 0 Å². The van der Waals surface area contributed by atoms with Crippen molar-refractivity contribution in [3.8, 4) is 5.88 Å². The number of aromatic nitrogens is 1. The first-order chi connectivity index (χ1) is 10.2. The third-order valence-electron chi connectivity index (χ3n) is 3.31. The number of carbonyl (C=O) groups is 1. The molecule has 0 aliphatic rings. The number of para-hydroxylation sites is 1. The highest BCUT2D eigenvalue weighted by atomic mass is 16.5. The Morgan fingerprint density at radius 2 is 2.10 bits per heavy atom. The fourth-order valence-corrected chi connectivity index (χ4v) is 2.25. The van der Waals surface area contributed by atoms with Gasteiger partial charge in [-0.2, -0.15) is 0 Å². The van der Waals surface area contributed by atoms with Crippen LogP contribution in [0.3, 0.4) is 0 Å². The molecule has 6 heteroatoms. The van der Waals surface area contributed by atoms with Crippen molar-refractivity contribution in [2.24, 2.45) is 10.2 Å². The topological polar surface area (TPSA) is 76.2 Å². The van der Waals surface area contributed by atoms with E-state index in [1.807, 2.05) is 24.3 Å². The average Bonchev–Trinajstić information content (AvgIpc) is 2.77. The molecule has 1 aromatic heterocycles. The molecule has 1 N–H and O–H groups in total. The van der Waals surface area contributed by atoms with Crippen LogP contribution in [0.2, 0.25) is 0 Å². The third-order valence-corrected chi connectivity index (χ3v) is 3.31. The van der Waals surface area contributed by atoms with E-state index < -0.39 is 6.09 Å². The Morgan fingerprint density at radius 1 is 1.33 bits per heavy atom. The maximum Gasteiger partial charge on any atom is 0.452 e. The number of unbranched alkanes of at least 4 members (excludes halogenated alkanes) is 2. The first-order valence-corrected chi connectivity index (χ1v) is 6.99. The summed E-state index contributed by atoms with van der Waals surface area (Å²) in [5.74, 6) is 0.0277. The molecular weight excluding hydrogens is 270 g/mol. The number of fused-ring (bicyclic) bond motifs is 1. The SMILES string of the molecule is CCCCCn1c(O)c(N=NC(=O)OC)c2ccccc21. The standard InChI is InChI=1S/C15H19N3O3/c1-3-4-7-10-18-12-9-6-5-8-11(12)13(14(18)19)16-17-15(20)21-2/h5-6,8-9,19H,3-4,7,10H2,1-2H3. The highest BCUT2D eigenvalue weighted by Crippen LogP contribution is 2.39. The lowest BCUT2D eigenvalue weighted by molar-refractivity contribution is 0.181. The van der Waals surface area contributed by atoms with Gasteiger partial charge < -0.3 is 14.4 Å². The summed E-state index contributed by atoms with van der Waals surface area (Å²) in [7, 11) is 1.23. The van der Waals surface area contributed by atoms with Crippen LogP contribution in [-0.2, 0) is 11.3 Å². The Labute approximate surface area is 123 Å².